The van der Waals surface area contributed by atoms with Crippen LogP contribution in [0.1, 0.15) is 39.2 Å². The highest BCUT2D eigenvalue weighted by atomic mass is 32.1. The molecule has 0 spiro atoms. The average molecular weight is 467 g/mol. The monoisotopic (exact) mass is 466 g/mol. The first-order valence-corrected chi connectivity index (χ1v) is 12.4. The van der Waals surface area contributed by atoms with Crippen molar-refractivity contribution in [3.8, 4) is 5.75 Å². The highest BCUT2D eigenvalue weighted by Gasteiger charge is 2.25. The Morgan fingerprint density at radius 3 is 2.68 bits per heavy atom. The van der Waals surface area contributed by atoms with E-state index >= 15 is 0 Å². The number of para-hydroxylation sites is 1. The number of hydrogen-bond acceptors (Lipinski definition) is 4. The van der Waals surface area contributed by atoms with E-state index in [0.29, 0.717) is 12.2 Å². The van der Waals surface area contributed by atoms with E-state index in [2.05, 4.69) is 24.0 Å². The van der Waals surface area contributed by atoms with Crippen LogP contribution in [0.25, 0.3) is 10.8 Å². The molecular formula is C29H26N2O2S. The fraction of sp³-hybridized carbons (Fsp3) is 0.172. The minimum Gasteiger partial charge on any atom is -0.489 e. The summed E-state index contributed by atoms with van der Waals surface area (Å²) in [6.45, 7) is 4.18. The molecule has 0 aliphatic heterocycles. The molecule has 5 heteroatoms. The van der Waals surface area contributed by atoms with Crippen LogP contribution in [-0.2, 0) is 12.8 Å². The van der Waals surface area contributed by atoms with Crippen LogP contribution >= 0.6 is 11.3 Å². The van der Waals surface area contributed by atoms with Crippen molar-refractivity contribution in [2.24, 2.45) is 4.99 Å². The van der Waals surface area contributed by atoms with Crippen molar-refractivity contribution in [2.75, 3.05) is 11.9 Å². The van der Waals surface area contributed by atoms with Gasteiger partial charge in [-0.3, -0.25) is 4.79 Å². The third-order valence-corrected chi connectivity index (χ3v) is 7.21. The maximum absolute atomic E-state index is 13.4. The van der Waals surface area contributed by atoms with Gasteiger partial charge < -0.3 is 10.1 Å². The number of rotatable bonds is 7. The van der Waals surface area contributed by atoms with Gasteiger partial charge in [0, 0.05) is 22.3 Å². The lowest BCUT2D eigenvalue weighted by Gasteiger charge is -2.13. The molecule has 0 saturated carbocycles. The summed E-state index contributed by atoms with van der Waals surface area (Å²) in [5.41, 5.74) is 3.54. The van der Waals surface area contributed by atoms with Gasteiger partial charge in [0.25, 0.3) is 5.91 Å². The largest absolute Gasteiger partial charge is 0.489 e. The Kier molecular flexibility index (Phi) is 6.54. The first-order valence-electron chi connectivity index (χ1n) is 11.5. The van der Waals surface area contributed by atoms with Gasteiger partial charge in [0.1, 0.15) is 17.4 Å². The molecule has 0 saturated heterocycles. The van der Waals surface area contributed by atoms with Crippen molar-refractivity contribution >= 4 is 44.9 Å². The van der Waals surface area contributed by atoms with Crippen molar-refractivity contribution in [3.63, 3.8) is 0 Å². The predicted molar refractivity (Wildman–Crippen MR) is 142 cm³/mol. The molecule has 4 aromatic rings. The van der Waals surface area contributed by atoms with E-state index in [4.69, 9.17) is 9.73 Å². The molecule has 1 aliphatic rings. The SMILES string of the molecule is C=CCOc1ccc2ccccc2c1C=Nc1sc2c(c1C(=O)Nc1ccccc1)CCCC2. The minimum atomic E-state index is -0.0983. The average Bonchev–Trinajstić information content (AvgIpc) is 3.25. The number of amides is 1. The maximum atomic E-state index is 13.4. The highest BCUT2D eigenvalue weighted by molar-refractivity contribution is 7.16. The summed E-state index contributed by atoms with van der Waals surface area (Å²) >= 11 is 1.63. The molecule has 0 bridgehead atoms. The molecule has 0 unspecified atom stereocenters. The second kappa shape index (κ2) is 10.1. The number of fused-ring (bicyclic) bond motifs is 2. The van der Waals surface area contributed by atoms with Gasteiger partial charge in [-0.25, -0.2) is 4.99 Å². The normalized spacial score (nSPS) is 13.1. The quantitative estimate of drug-likeness (QED) is 0.229. The smallest absolute Gasteiger partial charge is 0.259 e. The summed E-state index contributed by atoms with van der Waals surface area (Å²) in [7, 11) is 0. The standard InChI is InChI=1S/C29H26N2O2S/c1-2-18-33-25-17-16-20-10-6-7-13-22(20)24(25)19-30-29-27(23-14-8-9-15-26(23)34-29)28(32)31-21-11-4-3-5-12-21/h2-7,10-13,16-17,19H,1,8-9,14-15,18H2,(H,31,32). The molecular weight excluding hydrogens is 440 g/mol. The van der Waals surface area contributed by atoms with Crippen molar-refractivity contribution in [1.29, 1.82) is 0 Å². The van der Waals surface area contributed by atoms with Crippen molar-refractivity contribution in [2.45, 2.75) is 25.7 Å². The van der Waals surface area contributed by atoms with E-state index in [1.54, 1.807) is 17.4 Å². The van der Waals surface area contributed by atoms with Crippen LogP contribution in [0.5, 0.6) is 5.75 Å². The van der Waals surface area contributed by atoms with Crippen LogP contribution in [0.2, 0.25) is 0 Å². The summed E-state index contributed by atoms with van der Waals surface area (Å²) in [6, 6.07) is 21.8. The summed E-state index contributed by atoms with van der Waals surface area (Å²) < 4.78 is 5.94. The zero-order valence-electron chi connectivity index (χ0n) is 18.9. The number of benzene rings is 3. The number of nitrogens with zero attached hydrogens (tertiary/aromatic N) is 1. The van der Waals surface area contributed by atoms with Crippen LogP contribution in [0.15, 0.2) is 84.4 Å². The van der Waals surface area contributed by atoms with Crippen LogP contribution in [-0.4, -0.2) is 18.7 Å². The van der Waals surface area contributed by atoms with E-state index in [1.165, 1.54) is 4.88 Å². The fourth-order valence-corrected chi connectivity index (χ4v) is 5.63. The lowest BCUT2D eigenvalue weighted by molar-refractivity contribution is 0.102. The number of anilines is 1. The lowest BCUT2D eigenvalue weighted by Crippen LogP contribution is -2.14. The fourth-order valence-electron chi connectivity index (χ4n) is 4.40. The van der Waals surface area contributed by atoms with Crippen molar-refractivity contribution < 1.29 is 9.53 Å². The topological polar surface area (TPSA) is 50.7 Å². The molecule has 3 aromatic carbocycles. The van der Waals surface area contributed by atoms with E-state index in [0.717, 1.165) is 64.0 Å². The number of aliphatic imine (C=N–C) groups is 1. The number of hydrogen-bond donors (Lipinski definition) is 1. The number of thiophene rings is 1. The third kappa shape index (κ3) is 4.52. The molecule has 0 fully saturated rings. The van der Waals surface area contributed by atoms with Crippen LogP contribution in [0, 0.1) is 0 Å². The number of aryl methyl sites for hydroxylation is 1. The molecule has 170 valence electrons. The molecule has 0 atom stereocenters. The summed E-state index contributed by atoms with van der Waals surface area (Å²) in [5, 5.41) is 5.99. The van der Waals surface area contributed by atoms with Gasteiger partial charge >= 0.3 is 0 Å². The number of nitrogens with one attached hydrogen (secondary N) is 1. The number of carbonyl (C=O) groups excluding carboxylic acids is 1. The Hall–Kier alpha value is -3.70. The van der Waals surface area contributed by atoms with Gasteiger partial charge in [-0.15, -0.1) is 11.3 Å². The Morgan fingerprint density at radius 2 is 1.82 bits per heavy atom. The first kappa shape index (κ1) is 22.1. The minimum absolute atomic E-state index is 0.0983. The Morgan fingerprint density at radius 1 is 1.03 bits per heavy atom. The highest BCUT2D eigenvalue weighted by Crippen LogP contribution is 2.40. The van der Waals surface area contributed by atoms with Crippen LogP contribution < -0.4 is 10.1 Å². The van der Waals surface area contributed by atoms with Crippen LogP contribution in [0.3, 0.4) is 0 Å². The first-order chi connectivity index (χ1) is 16.7. The third-order valence-electron chi connectivity index (χ3n) is 6.01. The van der Waals surface area contributed by atoms with Gasteiger partial charge in [0.05, 0.1) is 5.56 Å². The molecule has 1 N–H and O–H groups in total. The van der Waals surface area contributed by atoms with Crippen molar-refractivity contribution in [1.82, 2.24) is 0 Å². The summed E-state index contributed by atoms with van der Waals surface area (Å²) in [6.07, 6.45) is 7.75. The Balaban J connectivity index is 1.57. The van der Waals surface area contributed by atoms with E-state index in [-0.39, 0.29) is 5.91 Å². The van der Waals surface area contributed by atoms with Gasteiger partial charge in [0.15, 0.2) is 0 Å². The zero-order valence-corrected chi connectivity index (χ0v) is 19.7. The summed E-state index contributed by atoms with van der Waals surface area (Å²) in [4.78, 5) is 19.6. The second-order valence-corrected chi connectivity index (χ2v) is 9.35. The van der Waals surface area contributed by atoms with E-state index in [9.17, 15) is 4.79 Å². The Bertz CT molecular complexity index is 1370. The maximum Gasteiger partial charge on any atom is 0.259 e. The van der Waals surface area contributed by atoms with E-state index in [1.807, 2.05) is 60.8 Å². The van der Waals surface area contributed by atoms with Gasteiger partial charge in [0.2, 0.25) is 0 Å². The number of ether oxygens (including phenoxy) is 1. The lowest BCUT2D eigenvalue weighted by atomic mass is 9.95. The molecule has 1 heterocycles. The van der Waals surface area contributed by atoms with Gasteiger partial charge in [-0.2, -0.15) is 0 Å². The molecule has 1 aliphatic carbocycles. The molecule has 1 amide bonds. The molecule has 34 heavy (non-hydrogen) atoms. The molecule has 4 nitrogen and oxygen atoms in total. The number of carbonyl (C=O) groups is 1. The molecule has 5 rings (SSSR count). The van der Waals surface area contributed by atoms with Crippen molar-refractivity contribution in [3.05, 3.63) is 101 Å². The van der Waals surface area contributed by atoms with Gasteiger partial charge in [-0.05, 0) is 60.2 Å². The Labute approximate surface area is 203 Å². The van der Waals surface area contributed by atoms with Crippen LogP contribution in [0.4, 0.5) is 10.7 Å². The zero-order chi connectivity index (χ0) is 23.3. The second-order valence-electron chi connectivity index (χ2n) is 8.27. The molecule has 1 aromatic heterocycles. The van der Waals surface area contributed by atoms with Gasteiger partial charge in [-0.1, -0.05) is 61.2 Å². The summed E-state index contributed by atoms with van der Waals surface area (Å²) in [5.74, 6) is 0.651. The molecule has 0 radical (unpaired) electrons. The van der Waals surface area contributed by atoms with E-state index < -0.39 is 0 Å². The predicted octanol–water partition coefficient (Wildman–Crippen LogP) is 7.35.